The lowest BCUT2D eigenvalue weighted by molar-refractivity contribution is 0.373. The first-order chi connectivity index (χ1) is 15.5. The van der Waals surface area contributed by atoms with Crippen LogP contribution in [0.5, 0.6) is 0 Å². The Morgan fingerprint density at radius 2 is 1.88 bits per heavy atom. The van der Waals surface area contributed by atoms with E-state index in [0.717, 1.165) is 40.4 Å². The lowest BCUT2D eigenvalue weighted by Crippen LogP contribution is -2.26. The third-order valence-electron chi connectivity index (χ3n) is 6.88. The van der Waals surface area contributed by atoms with Crippen molar-refractivity contribution >= 4 is 32.2 Å². The molecule has 1 saturated carbocycles. The molecule has 1 N–H and O–H groups in total. The highest BCUT2D eigenvalue weighted by atomic mass is 32.2. The molecule has 0 bridgehead atoms. The van der Waals surface area contributed by atoms with Crippen molar-refractivity contribution in [1.82, 2.24) is 4.98 Å². The largest absolute Gasteiger partial charge is 0.384 e. The lowest BCUT2D eigenvalue weighted by Gasteiger charge is -2.25. The second kappa shape index (κ2) is 8.74. The number of aryl methyl sites for hydroxylation is 1. The number of nitrogens with one attached hydrogen (secondary N) is 1. The van der Waals surface area contributed by atoms with E-state index >= 15 is 0 Å². The van der Waals surface area contributed by atoms with Crippen LogP contribution in [0.25, 0.3) is 10.9 Å². The summed E-state index contributed by atoms with van der Waals surface area (Å²) in [6.45, 7) is 4.06. The Bertz CT molecular complexity index is 1230. The molecule has 0 spiro atoms. The van der Waals surface area contributed by atoms with Crippen LogP contribution in [0.15, 0.2) is 53.4 Å². The summed E-state index contributed by atoms with van der Waals surface area (Å²) in [5.41, 5.74) is 4.09. The predicted molar refractivity (Wildman–Crippen MR) is 131 cm³/mol. The van der Waals surface area contributed by atoms with Gasteiger partial charge >= 0.3 is 0 Å². The number of anilines is 2. The summed E-state index contributed by atoms with van der Waals surface area (Å²) in [6, 6.07) is 15.8. The van der Waals surface area contributed by atoms with Crippen LogP contribution in [0.2, 0.25) is 0 Å². The average molecular weight is 450 g/mol. The smallest absolute Gasteiger partial charge is 0.180 e. The van der Waals surface area contributed by atoms with Crippen LogP contribution in [-0.2, 0) is 16.4 Å². The molecule has 1 aliphatic carbocycles. The molecule has 168 valence electrons. The fourth-order valence-electron chi connectivity index (χ4n) is 5.04. The van der Waals surface area contributed by atoms with Crippen LogP contribution in [0.3, 0.4) is 0 Å². The van der Waals surface area contributed by atoms with Gasteiger partial charge in [-0.05, 0) is 49.4 Å². The number of hydrogen-bond acceptors (Lipinski definition) is 5. The van der Waals surface area contributed by atoms with E-state index in [-0.39, 0.29) is 5.75 Å². The molecule has 5 rings (SSSR count). The Balaban J connectivity index is 1.50. The van der Waals surface area contributed by atoms with E-state index in [2.05, 4.69) is 41.4 Å². The zero-order valence-corrected chi connectivity index (χ0v) is 19.5. The number of fused-ring (bicyclic) bond motifs is 2. The second-order valence-electron chi connectivity index (χ2n) is 9.28. The van der Waals surface area contributed by atoms with Crippen LogP contribution < -0.4 is 10.2 Å². The van der Waals surface area contributed by atoms with Gasteiger partial charge < -0.3 is 10.2 Å². The van der Waals surface area contributed by atoms with Gasteiger partial charge in [-0.25, -0.2) is 13.4 Å². The minimum Gasteiger partial charge on any atom is -0.384 e. The maximum Gasteiger partial charge on any atom is 0.180 e. The van der Waals surface area contributed by atoms with Crippen LogP contribution in [0.4, 0.5) is 11.5 Å². The molecule has 6 heteroatoms. The molecule has 0 radical (unpaired) electrons. The summed E-state index contributed by atoms with van der Waals surface area (Å²) in [5, 5.41) is 4.86. The summed E-state index contributed by atoms with van der Waals surface area (Å²) >= 11 is 0. The molecular weight excluding hydrogens is 418 g/mol. The number of sulfone groups is 1. The number of hydrogen-bond donors (Lipinski definition) is 1. The minimum atomic E-state index is -3.29. The quantitative estimate of drug-likeness (QED) is 0.583. The first kappa shape index (κ1) is 21.3. The monoisotopic (exact) mass is 449 g/mol. The number of rotatable bonds is 4. The first-order valence-corrected chi connectivity index (χ1v) is 13.4. The van der Waals surface area contributed by atoms with Crippen LogP contribution in [0.1, 0.15) is 43.2 Å². The summed E-state index contributed by atoms with van der Waals surface area (Å²) < 4.78 is 25.6. The van der Waals surface area contributed by atoms with Crippen LogP contribution in [-0.4, -0.2) is 32.2 Å². The molecule has 2 heterocycles. The van der Waals surface area contributed by atoms with Gasteiger partial charge in [0, 0.05) is 36.8 Å². The van der Waals surface area contributed by atoms with Gasteiger partial charge in [0.1, 0.15) is 5.82 Å². The Labute approximate surface area is 190 Å². The fourth-order valence-corrected chi connectivity index (χ4v) is 6.54. The molecule has 1 fully saturated rings. The Hall–Kier alpha value is -2.60. The SMILES string of the molecule is Cc1ccc2nc(N3CCS(=O)(=O)c4ccccc4C3)cc(NCC3CCCCC3)c2c1. The van der Waals surface area contributed by atoms with E-state index in [4.69, 9.17) is 4.98 Å². The van der Waals surface area contributed by atoms with E-state index in [9.17, 15) is 8.42 Å². The van der Waals surface area contributed by atoms with Gasteiger partial charge in [-0.1, -0.05) is 49.1 Å². The molecule has 3 aromatic rings. The maximum absolute atomic E-state index is 12.8. The number of nitrogens with zero attached hydrogens (tertiary/aromatic N) is 2. The maximum atomic E-state index is 12.8. The predicted octanol–water partition coefficient (Wildman–Crippen LogP) is 5.33. The fraction of sp³-hybridized carbons (Fsp3) is 0.423. The first-order valence-electron chi connectivity index (χ1n) is 11.7. The van der Waals surface area contributed by atoms with E-state index in [0.29, 0.717) is 18.0 Å². The zero-order chi connectivity index (χ0) is 22.1. The lowest BCUT2D eigenvalue weighted by atomic mass is 9.89. The third kappa shape index (κ3) is 4.33. The molecule has 32 heavy (non-hydrogen) atoms. The highest BCUT2D eigenvalue weighted by molar-refractivity contribution is 7.91. The van der Waals surface area contributed by atoms with Crippen molar-refractivity contribution in [1.29, 1.82) is 0 Å². The van der Waals surface area contributed by atoms with Crippen molar-refractivity contribution < 1.29 is 8.42 Å². The van der Waals surface area contributed by atoms with E-state index in [1.165, 1.54) is 37.7 Å². The third-order valence-corrected chi connectivity index (χ3v) is 8.67. The van der Waals surface area contributed by atoms with Gasteiger partial charge in [0.2, 0.25) is 0 Å². The van der Waals surface area contributed by atoms with Gasteiger partial charge in [0.05, 0.1) is 16.2 Å². The van der Waals surface area contributed by atoms with Gasteiger partial charge in [-0.2, -0.15) is 0 Å². The van der Waals surface area contributed by atoms with Crippen LogP contribution in [0, 0.1) is 12.8 Å². The van der Waals surface area contributed by atoms with Crippen molar-refractivity contribution in [3.05, 3.63) is 59.7 Å². The summed E-state index contributed by atoms with van der Waals surface area (Å²) in [6.07, 6.45) is 6.60. The van der Waals surface area contributed by atoms with Gasteiger partial charge in [-0.3, -0.25) is 0 Å². The molecule has 2 aromatic carbocycles. The van der Waals surface area contributed by atoms with E-state index < -0.39 is 9.84 Å². The molecule has 5 nitrogen and oxygen atoms in total. The van der Waals surface area contributed by atoms with Gasteiger partial charge in [-0.15, -0.1) is 0 Å². The van der Waals surface area contributed by atoms with Crippen molar-refractivity contribution in [3.8, 4) is 0 Å². The minimum absolute atomic E-state index is 0.0997. The van der Waals surface area contributed by atoms with Crippen molar-refractivity contribution in [3.63, 3.8) is 0 Å². The van der Waals surface area contributed by atoms with Gasteiger partial charge in [0.25, 0.3) is 0 Å². The van der Waals surface area contributed by atoms with E-state index in [1.54, 1.807) is 12.1 Å². The Morgan fingerprint density at radius 1 is 1.06 bits per heavy atom. The molecule has 1 aliphatic heterocycles. The van der Waals surface area contributed by atoms with Gasteiger partial charge in [0.15, 0.2) is 9.84 Å². The second-order valence-corrected chi connectivity index (χ2v) is 11.4. The molecular formula is C26H31N3O2S. The zero-order valence-electron chi connectivity index (χ0n) is 18.7. The highest BCUT2D eigenvalue weighted by Gasteiger charge is 2.26. The average Bonchev–Trinajstić information content (AvgIpc) is 2.94. The normalized spacial score (nSPS) is 18.8. The highest BCUT2D eigenvalue weighted by Crippen LogP contribution is 2.32. The molecule has 0 unspecified atom stereocenters. The Kier molecular flexibility index (Phi) is 5.80. The molecule has 0 amide bonds. The summed E-state index contributed by atoms with van der Waals surface area (Å²) in [7, 11) is -3.29. The molecule has 0 atom stereocenters. The summed E-state index contributed by atoms with van der Waals surface area (Å²) in [5.74, 6) is 1.65. The van der Waals surface area contributed by atoms with Crippen molar-refractivity contribution in [2.45, 2.75) is 50.5 Å². The van der Waals surface area contributed by atoms with Crippen LogP contribution >= 0.6 is 0 Å². The summed E-state index contributed by atoms with van der Waals surface area (Å²) in [4.78, 5) is 7.51. The molecule has 0 saturated heterocycles. The number of pyridine rings is 1. The van der Waals surface area contributed by atoms with E-state index in [1.807, 2.05) is 12.1 Å². The Morgan fingerprint density at radius 3 is 2.72 bits per heavy atom. The number of aromatic nitrogens is 1. The molecule has 1 aromatic heterocycles. The van der Waals surface area contributed by atoms with Crippen molar-refractivity contribution in [2.24, 2.45) is 5.92 Å². The number of benzene rings is 2. The molecule has 2 aliphatic rings. The topological polar surface area (TPSA) is 62.3 Å². The van der Waals surface area contributed by atoms with Crippen molar-refractivity contribution in [2.75, 3.05) is 29.1 Å². The standard InChI is InChI=1S/C26H31N3O2S/c1-19-11-12-23-22(15-19)24(27-17-20-7-3-2-4-8-20)16-26(28-23)29-13-14-32(30,31)25-10-6-5-9-21(25)18-29/h5-6,9-12,15-16,20H,2-4,7-8,13-14,17-18H2,1H3,(H,27,28).